The van der Waals surface area contributed by atoms with Crippen LogP contribution in [-0.2, 0) is 4.79 Å². The number of aryl methyl sites for hydroxylation is 1. The van der Waals surface area contributed by atoms with Gasteiger partial charge in [0, 0.05) is 24.7 Å². The molecule has 0 aliphatic carbocycles. The van der Waals surface area contributed by atoms with Crippen molar-refractivity contribution in [3.05, 3.63) is 35.9 Å². The zero-order valence-electron chi connectivity index (χ0n) is 12.6. The molecule has 1 amide bonds. The van der Waals surface area contributed by atoms with Crippen molar-refractivity contribution >= 4 is 23.4 Å². The Hall–Kier alpha value is -2.83. The van der Waals surface area contributed by atoms with Crippen LogP contribution >= 0.6 is 0 Å². The van der Waals surface area contributed by atoms with Crippen LogP contribution in [0.2, 0.25) is 0 Å². The topological polar surface area (TPSA) is 102 Å². The molecule has 0 aliphatic heterocycles. The fourth-order valence-electron chi connectivity index (χ4n) is 1.87. The first-order chi connectivity index (χ1) is 10.6. The molecular formula is C15H19N5O2. The number of anilines is 3. The van der Waals surface area contributed by atoms with Crippen molar-refractivity contribution in [2.45, 2.75) is 13.3 Å². The lowest BCUT2D eigenvalue weighted by molar-refractivity contribution is -0.115. The van der Waals surface area contributed by atoms with Crippen LogP contribution in [0.25, 0.3) is 0 Å². The number of ether oxygens (including phenoxy) is 1. The number of nitrogens with one attached hydrogen (secondary N) is 2. The molecule has 1 aromatic heterocycles. The van der Waals surface area contributed by atoms with Gasteiger partial charge in [-0.2, -0.15) is 9.97 Å². The molecule has 0 bridgehead atoms. The van der Waals surface area contributed by atoms with Crippen molar-refractivity contribution in [3.8, 4) is 5.88 Å². The van der Waals surface area contributed by atoms with E-state index in [0.29, 0.717) is 24.7 Å². The number of rotatable bonds is 6. The highest BCUT2D eigenvalue weighted by Gasteiger charge is 2.06. The first kappa shape index (κ1) is 15.6. The van der Waals surface area contributed by atoms with Crippen LogP contribution in [-0.4, -0.2) is 29.5 Å². The van der Waals surface area contributed by atoms with E-state index in [1.165, 1.54) is 7.11 Å². The van der Waals surface area contributed by atoms with E-state index in [4.69, 9.17) is 10.5 Å². The number of hydrogen-bond acceptors (Lipinski definition) is 6. The Morgan fingerprint density at radius 3 is 2.82 bits per heavy atom. The summed E-state index contributed by atoms with van der Waals surface area (Å²) in [6.07, 6.45) is 0.306. The monoisotopic (exact) mass is 301 g/mol. The van der Waals surface area contributed by atoms with E-state index in [9.17, 15) is 4.79 Å². The molecule has 0 atom stereocenters. The number of para-hydroxylation sites is 1. The summed E-state index contributed by atoms with van der Waals surface area (Å²) >= 11 is 0. The maximum atomic E-state index is 11.9. The Kier molecular flexibility index (Phi) is 5.13. The van der Waals surface area contributed by atoms with Gasteiger partial charge in [0.25, 0.3) is 0 Å². The van der Waals surface area contributed by atoms with E-state index in [-0.39, 0.29) is 11.9 Å². The molecule has 0 saturated heterocycles. The lowest BCUT2D eigenvalue weighted by Gasteiger charge is -2.09. The van der Waals surface area contributed by atoms with Gasteiger partial charge in [-0.05, 0) is 18.6 Å². The van der Waals surface area contributed by atoms with Crippen LogP contribution < -0.4 is 21.1 Å². The van der Waals surface area contributed by atoms with Crippen LogP contribution in [0.1, 0.15) is 12.0 Å². The number of hydrogen-bond donors (Lipinski definition) is 3. The van der Waals surface area contributed by atoms with Gasteiger partial charge in [-0.25, -0.2) is 0 Å². The molecule has 2 rings (SSSR count). The third-order valence-corrected chi connectivity index (χ3v) is 3.01. The minimum Gasteiger partial charge on any atom is -0.481 e. The highest BCUT2D eigenvalue weighted by Crippen LogP contribution is 2.15. The predicted molar refractivity (Wildman–Crippen MR) is 85.9 cm³/mol. The molecule has 0 saturated carbocycles. The molecule has 7 heteroatoms. The van der Waals surface area contributed by atoms with Crippen LogP contribution in [0, 0.1) is 6.92 Å². The SMILES string of the molecule is COc1cc(NCCC(=O)Nc2ccccc2C)nc(N)n1. The summed E-state index contributed by atoms with van der Waals surface area (Å²) in [4.78, 5) is 19.8. The Morgan fingerprint density at radius 2 is 2.09 bits per heavy atom. The first-order valence-corrected chi connectivity index (χ1v) is 6.86. The zero-order chi connectivity index (χ0) is 15.9. The maximum absolute atomic E-state index is 11.9. The number of nitrogens with zero attached hydrogens (tertiary/aromatic N) is 2. The third kappa shape index (κ3) is 4.34. The number of nitrogen functional groups attached to an aromatic ring is 1. The van der Waals surface area contributed by atoms with Crippen LogP contribution in [0.4, 0.5) is 17.5 Å². The molecule has 0 aliphatic rings. The van der Waals surface area contributed by atoms with Crippen molar-refractivity contribution < 1.29 is 9.53 Å². The van der Waals surface area contributed by atoms with Gasteiger partial charge >= 0.3 is 0 Å². The molecule has 0 fully saturated rings. The summed E-state index contributed by atoms with van der Waals surface area (Å²) in [5, 5.41) is 5.89. The van der Waals surface area contributed by atoms with Gasteiger partial charge in [-0.1, -0.05) is 18.2 Å². The molecule has 1 heterocycles. The minimum absolute atomic E-state index is 0.0733. The summed E-state index contributed by atoms with van der Waals surface area (Å²) in [5.74, 6) is 0.939. The Labute approximate surface area is 128 Å². The van der Waals surface area contributed by atoms with Crippen LogP contribution in [0.5, 0.6) is 5.88 Å². The lowest BCUT2D eigenvalue weighted by Crippen LogP contribution is -2.17. The van der Waals surface area contributed by atoms with Crippen molar-refractivity contribution in [2.75, 3.05) is 30.0 Å². The molecule has 0 spiro atoms. The normalized spacial score (nSPS) is 10.1. The summed E-state index contributed by atoms with van der Waals surface area (Å²) in [6, 6.07) is 9.26. The van der Waals surface area contributed by atoms with Crippen LogP contribution in [0.3, 0.4) is 0 Å². The Morgan fingerprint density at radius 1 is 1.32 bits per heavy atom. The van der Waals surface area contributed by atoms with Gasteiger partial charge in [0.1, 0.15) is 5.82 Å². The molecule has 22 heavy (non-hydrogen) atoms. The maximum Gasteiger partial charge on any atom is 0.226 e. The van der Waals surface area contributed by atoms with E-state index >= 15 is 0 Å². The number of aromatic nitrogens is 2. The summed E-state index contributed by atoms with van der Waals surface area (Å²) < 4.78 is 5.00. The number of benzene rings is 1. The first-order valence-electron chi connectivity index (χ1n) is 6.86. The second-order valence-corrected chi connectivity index (χ2v) is 4.69. The number of carbonyl (C=O) groups is 1. The lowest BCUT2D eigenvalue weighted by atomic mass is 10.2. The molecule has 116 valence electrons. The van der Waals surface area contributed by atoms with Crippen LogP contribution in [0.15, 0.2) is 30.3 Å². The molecule has 0 radical (unpaired) electrons. The zero-order valence-corrected chi connectivity index (χ0v) is 12.6. The highest BCUT2D eigenvalue weighted by atomic mass is 16.5. The van der Waals surface area contributed by atoms with Gasteiger partial charge in [0.15, 0.2) is 0 Å². The van der Waals surface area contributed by atoms with Gasteiger partial charge in [-0.15, -0.1) is 0 Å². The summed E-state index contributed by atoms with van der Waals surface area (Å²) in [5.41, 5.74) is 7.41. The van der Waals surface area contributed by atoms with Crippen molar-refractivity contribution in [3.63, 3.8) is 0 Å². The Balaban J connectivity index is 1.85. The predicted octanol–water partition coefficient (Wildman–Crippen LogP) is 1.82. The largest absolute Gasteiger partial charge is 0.481 e. The number of nitrogens with two attached hydrogens (primary N) is 1. The number of methoxy groups -OCH3 is 1. The van der Waals surface area contributed by atoms with Crippen molar-refractivity contribution in [1.29, 1.82) is 0 Å². The van der Waals surface area contributed by atoms with E-state index in [1.54, 1.807) is 6.07 Å². The molecular weight excluding hydrogens is 282 g/mol. The second-order valence-electron chi connectivity index (χ2n) is 4.69. The molecule has 2 aromatic rings. The van der Waals surface area contributed by atoms with Gasteiger partial charge < -0.3 is 21.1 Å². The second kappa shape index (κ2) is 7.26. The third-order valence-electron chi connectivity index (χ3n) is 3.01. The van der Waals surface area contributed by atoms with Gasteiger partial charge in [-0.3, -0.25) is 4.79 Å². The average Bonchev–Trinajstić information content (AvgIpc) is 2.49. The quantitative estimate of drug-likeness (QED) is 0.752. The fraction of sp³-hybridized carbons (Fsp3) is 0.267. The standard InChI is InChI=1S/C15H19N5O2/c1-10-5-3-4-6-11(10)18-13(21)7-8-17-12-9-14(22-2)20-15(16)19-12/h3-6,9H,7-8H2,1-2H3,(H,18,21)(H3,16,17,19,20). The molecule has 1 aromatic carbocycles. The Bertz CT molecular complexity index is 660. The van der Waals surface area contributed by atoms with Crippen molar-refractivity contribution in [1.82, 2.24) is 9.97 Å². The van der Waals surface area contributed by atoms with E-state index in [1.807, 2.05) is 31.2 Å². The molecule has 7 nitrogen and oxygen atoms in total. The number of carbonyl (C=O) groups excluding carboxylic acids is 1. The number of amides is 1. The van der Waals surface area contributed by atoms with E-state index < -0.39 is 0 Å². The van der Waals surface area contributed by atoms with Gasteiger partial charge in [0.2, 0.25) is 17.7 Å². The highest BCUT2D eigenvalue weighted by molar-refractivity contribution is 5.91. The minimum atomic E-state index is -0.0733. The smallest absolute Gasteiger partial charge is 0.226 e. The summed E-state index contributed by atoms with van der Waals surface area (Å²) in [7, 11) is 1.50. The van der Waals surface area contributed by atoms with E-state index in [2.05, 4.69) is 20.6 Å². The fourth-order valence-corrected chi connectivity index (χ4v) is 1.87. The van der Waals surface area contributed by atoms with E-state index in [0.717, 1.165) is 11.3 Å². The molecule has 0 unspecified atom stereocenters. The molecule has 4 N–H and O–H groups in total. The van der Waals surface area contributed by atoms with Crippen molar-refractivity contribution in [2.24, 2.45) is 0 Å². The summed E-state index contributed by atoms with van der Waals surface area (Å²) in [6.45, 7) is 2.38. The van der Waals surface area contributed by atoms with Gasteiger partial charge in [0.05, 0.1) is 7.11 Å². The average molecular weight is 301 g/mol.